The molecule has 202 valence electrons. The summed E-state index contributed by atoms with van der Waals surface area (Å²) in [5.41, 5.74) is 0. The van der Waals surface area contributed by atoms with Gasteiger partial charge in [0.05, 0.1) is 0 Å². The summed E-state index contributed by atoms with van der Waals surface area (Å²) in [5.74, 6) is -63.9. The molecule has 1 atom stereocenters. The normalized spacial score (nSPS) is 16.4. The highest BCUT2D eigenvalue weighted by Gasteiger charge is 2.95. The average molecular weight is 548 g/mol. The smallest absolute Gasteiger partial charge is 0.460 e. The molecule has 1 N–H and O–H groups in total. The lowest BCUT2D eigenvalue weighted by Gasteiger charge is -2.42. The van der Waals surface area contributed by atoms with Crippen LogP contribution in [0.25, 0.3) is 0 Å². The zero-order valence-corrected chi connectivity index (χ0v) is 15.7. The maximum atomic E-state index is 13.6. The minimum atomic E-state index is -8.73. The van der Waals surface area contributed by atoms with Crippen LogP contribution in [0, 0.1) is 5.92 Å². The van der Waals surface area contributed by atoms with E-state index in [0.717, 1.165) is 0 Å². The number of ketones is 1. The topological polar surface area (TPSA) is 54.4 Å². The average Bonchev–Trinajstić information content (AvgIpc) is 2.58. The van der Waals surface area contributed by atoms with Gasteiger partial charge in [-0.1, -0.05) is 0 Å². The maximum absolute atomic E-state index is 13.6. The first-order valence-electron chi connectivity index (χ1n) is 7.93. The third kappa shape index (κ3) is 4.47. The summed E-state index contributed by atoms with van der Waals surface area (Å²) < 4.78 is 222. The molecule has 1 unspecified atom stereocenters. The standard InChI is InChI=1S/C14H9F17O3/c1-4(32)5(6(33)34)2-3-7(15,16)8(17,18)9(19,20)10(21,22)11(23,24)12(25,26)13(27,28)14(29,30)31/h5H,2-3H2,1H3,(H,33,34). The molecule has 0 rings (SSSR count). The van der Waals surface area contributed by atoms with Crippen molar-refractivity contribution in [3.05, 3.63) is 0 Å². The van der Waals surface area contributed by atoms with Crippen molar-refractivity contribution in [3.8, 4) is 0 Å². The highest BCUT2D eigenvalue weighted by atomic mass is 19.4. The van der Waals surface area contributed by atoms with Crippen molar-refractivity contribution in [2.24, 2.45) is 5.92 Å². The molecule has 0 spiro atoms. The molecule has 0 saturated carbocycles. The van der Waals surface area contributed by atoms with Crippen LogP contribution in [0.4, 0.5) is 74.6 Å². The van der Waals surface area contributed by atoms with E-state index in [9.17, 15) is 84.2 Å². The number of rotatable bonds is 11. The van der Waals surface area contributed by atoms with E-state index in [-0.39, 0.29) is 0 Å². The molecule has 0 aliphatic heterocycles. The molecule has 3 nitrogen and oxygen atoms in total. The Labute approximate surface area is 175 Å². The van der Waals surface area contributed by atoms with Gasteiger partial charge in [0.2, 0.25) is 0 Å². The molecule has 0 saturated heterocycles. The van der Waals surface area contributed by atoms with Crippen LogP contribution in [0.2, 0.25) is 0 Å². The van der Waals surface area contributed by atoms with Gasteiger partial charge in [-0.05, 0) is 13.3 Å². The first-order chi connectivity index (χ1) is 14.5. The van der Waals surface area contributed by atoms with Gasteiger partial charge in [0.15, 0.2) is 0 Å². The Morgan fingerprint density at radius 3 is 1.15 bits per heavy atom. The Balaban J connectivity index is 6.55. The number of hydrogen-bond acceptors (Lipinski definition) is 2. The summed E-state index contributed by atoms with van der Waals surface area (Å²) in [6.07, 6.45) is -12.8. The van der Waals surface area contributed by atoms with Gasteiger partial charge in [-0.3, -0.25) is 9.59 Å². The largest absolute Gasteiger partial charge is 0.481 e. The van der Waals surface area contributed by atoms with E-state index >= 15 is 0 Å². The van der Waals surface area contributed by atoms with Crippen LogP contribution in [-0.2, 0) is 9.59 Å². The molecule has 34 heavy (non-hydrogen) atoms. The molecule has 0 aromatic rings. The molecule has 0 aromatic heterocycles. The summed E-state index contributed by atoms with van der Waals surface area (Å²) in [6.45, 7) is 0.349. The summed E-state index contributed by atoms with van der Waals surface area (Å²) in [5, 5.41) is 8.50. The Kier molecular flexibility index (Phi) is 8.04. The molecule has 0 aliphatic rings. The lowest BCUT2D eigenvalue weighted by Crippen LogP contribution is -2.74. The number of carboxylic acids is 1. The van der Waals surface area contributed by atoms with Crippen molar-refractivity contribution < 1.29 is 89.3 Å². The number of carbonyl (C=O) groups excluding carboxylic acids is 1. The van der Waals surface area contributed by atoms with E-state index in [1.54, 1.807) is 0 Å². The second-order valence-electron chi connectivity index (χ2n) is 6.69. The third-order valence-corrected chi connectivity index (χ3v) is 4.32. The fraction of sp³-hybridized carbons (Fsp3) is 0.857. The van der Waals surface area contributed by atoms with Gasteiger partial charge in [-0.25, -0.2) is 0 Å². The predicted molar refractivity (Wildman–Crippen MR) is 71.7 cm³/mol. The van der Waals surface area contributed by atoms with E-state index in [4.69, 9.17) is 5.11 Å². The van der Waals surface area contributed by atoms with Gasteiger partial charge in [0, 0.05) is 6.42 Å². The van der Waals surface area contributed by atoms with Gasteiger partial charge in [-0.15, -0.1) is 0 Å². The zero-order chi connectivity index (χ0) is 28.1. The molecular weight excluding hydrogens is 539 g/mol. The van der Waals surface area contributed by atoms with Crippen molar-refractivity contribution >= 4 is 11.8 Å². The second kappa shape index (κ2) is 8.56. The highest BCUT2D eigenvalue weighted by Crippen LogP contribution is 2.64. The Morgan fingerprint density at radius 1 is 0.588 bits per heavy atom. The van der Waals surface area contributed by atoms with Gasteiger partial charge in [-0.2, -0.15) is 74.6 Å². The van der Waals surface area contributed by atoms with E-state index < -0.39 is 78.1 Å². The maximum Gasteiger partial charge on any atom is 0.460 e. The lowest BCUT2D eigenvalue weighted by molar-refractivity contribution is -0.461. The zero-order valence-electron chi connectivity index (χ0n) is 15.7. The number of hydrogen-bond donors (Lipinski definition) is 1. The molecule has 0 aliphatic carbocycles. The van der Waals surface area contributed by atoms with Crippen molar-refractivity contribution in [1.29, 1.82) is 0 Å². The van der Waals surface area contributed by atoms with E-state index in [0.29, 0.717) is 6.92 Å². The summed E-state index contributed by atoms with van der Waals surface area (Å²) in [4.78, 5) is 21.5. The lowest BCUT2D eigenvalue weighted by atomic mass is 9.86. The van der Waals surface area contributed by atoms with Crippen molar-refractivity contribution in [2.45, 2.75) is 67.4 Å². The van der Waals surface area contributed by atoms with Gasteiger partial charge < -0.3 is 5.11 Å². The van der Waals surface area contributed by atoms with Crippen LogP contribution in [0.3, 0.4) is 0 Å². The number of aliphatic carboxylic acids is 1. The molecule has 0 radical (unpaired) electrons. The van der Waals surface area contributed by atoms with Crippen molar-refractivity contribution in [1.82, 2.24) is 0 Å². The third-order valence-electron chi connectivity index (χ3n) is 4.32. The van der Waals surface area contributed by atoms with Gasteiger partial charge >= 0.3 is 53.6 Å². The predicted octanol–water partition coefficient (Wildman–Crippen LogP) is 6.07. The van der Waals surface area contributed by atoms with Crippen LogP contribution in [0.1, 0.15) is 19.8 Å². The van der Waals surface area contributed by atoms with Crippen LogP contribution in [0.5, 0.6) is 0 Å². The molecule has 0 bridgehead atoms. The SMILES string of the molecule is CC(=O)C(CCC(F)(F)C(F)(F)C(F)(F)C(F)(F)C(F)(F)C(F)(F)C(F)(F)C(F)(F)F)C(=O)O. The van der Waals surface area contributed by atoms with Gasteiger partial charge in [0.1, 0.15) is 11.7 Å². The number of Topliss-reactive ketones (excluding diaryl/α,β-unsaturated/α-hetero) is 1. The molecule has 20 heteroatoms. The molecule has 0 fully saturated rings. The molecule has 0 heterocycles. The number of halogens is 17. The first kappa shape index (κ1) is 31.9. The number of carboxylic acid groups (broad SMARTS) is 1. The second-order valence-corrected chi connectivity index (χ2v) is 6.69. The van der Waals surface area contributed by atoms with Crippen molar-refractivity contribution in [3.63, 3.8) is 0 Å². The fourth-order valence-corrected chi connectivity index (χ4v) is 2.18. The summed E-state index contributed by atoms with van der Waals surface area (Å²) in [6, 6.07) is 0. The minimum Gasteiger partial charge on any atom is -0.481 e. The monoisotopic (exact) mass is 548 g/mol. The summed E-state index contributed by atoms with van der Waals surface area (Å²) >= 11 is 0. The number of alkyl halides is 17. The quantitative estimate of drug-likeness (QED) is 0.252. The molecular formula is C14H9F17O3. The molecule has 0 amide bonds. The highest BCUT2D eigenvalue weighted by molar-refractivity contribution is 5.96. The van der Waals surface area contributed by atoms with Crippen LogP contribution in [0.15, 0.2) is 0 Å². The van der Waals surface area contributed by atoms with E-state index in [1.807, 2.05) is 0 Å². The van der Waals surface area contributed by atoms with Crippen LogP contribution >= 0.6 is 0 Å². The fourth-order valence-electron chi connectivity index (χ4n) is 2.18. The Morgan fingerprint density at radius 2 is 0.882 bits per heavy atom. The summed E-state index contributed by atoms with van der Waals surface area (Å²) in [7, 11) is 0. The van der Waals surface area contributed by atoms with Crippen LogP contribution < -0.4 is 0 Å². The minimum absolute atomic E-state index is 0.349. The van der Waals surface area contributed by atoms with E-state index in [2.05, 4.69) is 0 Å². The van der Waals surface area contributed by atoms with Crippen LogP contribution in [-0.4, -0.2) is 64.5 Å². The molecule has 0 aromatic carbocycles. The van der Waals surface area contributed by atoms with Gasteiger partial charge in [0.25, 0.3) is 0 Å². The first-order valence-corrected chi connectivity index (χ1v) is 7.93. The Bertz CT molecular complexity index is 769. The Hall–Kier alpha value is -2.05. The van der Waals surface area contributed by atoms with E-state index in [1.165, 1.54) is 0 Å². The van der Waals surface area contributed by atoms with Crippen molar-refractivity contribution in [2.75, 3.05) is 0 Å². The number of carbonyl (C=O) groups is 2.